The lowest BCUT2D eigenvalue weighted by molar-refractivity contribution is 0.210. The molecule has 0 bridgehead atoms. The predicted octanol–water partition coefficient (Wildman–Crippen LogP) is 4.20. The molecule has 2 aromatic rings. The number of thiocarbonyl (C=S) groups is 1. The Hall–Kier alpha value is -2.60. The number of nitrogens with zero attached hydrogens (tertiary/aromatic N) is 1. The number of rotatable bonds is 2. The van der Waals surface area contributed by atoms with Gasteiger partial charge in [0.2, 0.25) is 0 Å². The molecule has 0 atom stereocenters. The average molecular weight is 355 g/mol. The highest BCUT2D eigenvalue weighted by molar-refractivity contribution is 7.80. The van der Waals surface area contributed by atoms with Gasteiger partial charge in [0.05, 0.1) is 0 Å². The fourth-order valence-electron chi connectivity index (χ4n) is 3.38. The summed E-state index contributed by atoms with van der Waals surface area (Å²) >= 11 is 5.24. The monoisotopic (exact) mass is 355 g/mol. The van der Waals surface area contributed by atoms with Crippen LogP contribution in [-0.4, -0.2) is 21.9 Å². The van der Waals surface area contributed by atoms with Crippen molar-refractivity contribution >= 4 is 34.8 Å². The van der Waals surface area contributed by atoms with Crippen LogP contribution in [0.5, 0.6) is 0 Å². The molecule has 0 saturated heterocycles. The summed E-state index contributed by atoms with van der Waals surface area (Å²) in [5, 5.41) is 11.6. The molecule has 1 aliphatic rings. The highest BCUT2D eigenvalue weighted by Crippen LogP contribution is 2.40. The molecule has 5 nitrogen and oxygen atoms in total. The molecule has 6 heteroatoms. The lowest BCUT2D eigenvalue weighted by Crippen LogP contribution is -2.48. The predicted molar refractivity (Wildman–Crippen MR) is 105 cm³/mol. The van der Waals surface area contributed by atoms with Crippen molar-refractivity contribution in [1.29, 1.82) is 0 Å². The van der Waals surface area contributed by atoms with Crippen molar-refractivity contribution in [2.24, 2.45) is 5.73 Å². The van der Waals surface area contributed by atoms with E-state index in [4.69, 9.17) is 23.1 Å². The fraction of sp³-hybridized carbons (Fsp3) is 0.263. The van der Waals surface area contributed by atoms with E-state index in [-0.39, 0.29) is 5.54 Å². The van der Waals surface area contributed by atoms with Crippen LogP contribution in [0.2, 0.25) is 0 Å². The minimum absolute atomic E-state index is 0.218. The standard InChI is InChI=1S/C19H21N3O2S/c1-19(2,3)22(17(20)25)14-5-7-16-12(10-14)8-11-9-13(21-18(23)24)4-6-15(11)16/h4-7,9-10,21H,8H2,1-3H3,(H2,20,25)(H,23,24). The number of nitrogens with one attached hydrogen (secondary N) is 1. The van der Waals surface area contributed by atoms with Gasteiger partial charge in [-0.15, -0.1) is 0 Å². The van der Waals surface area contributed by atoms with Gasteiger partial charge in [0, 0.05) is 16.9 Å². The third kappa shape index (κ3) is 3.30. The third-order valence-corrected chi connectivity index (χ3v) is 4.45. The average Bonchev–Trinajstić information content (AvgIpc) is 2.81. The van der Waals surface area contributed by atoms with Gasteiger partial charge >= 0.3 is 6.09 Å². The molecular weight excluding hydrogens is 334 g/mol. The van der Waals surface area contributed by atoms with E-state index in [0.717, 1.165) is 28.8 Å². The van der Waals surface area contributed by atoms with Crippen molar-refractivity contribution in [3.63, 3.8) is 0 Å². The molecule has 0 radical (unpaired) electrons. The van der Waals surface area contributed by atoms with E-state index in [1.54, 1.807) is 6.07 Å². The lowest BCUT2D eigenvalue weighted by Gasteiger charge is -2.36. The molecule has 1 amide bonds. The molecule has 0 heterocycles. The minimum Gasteiger partial charge on any atom is -0.465 e. The zero-order valence-electron chi connectivity index (χ0n) is 14.5. The first kappa shape index (κ1) is 17.2. The van der Waals surface area contributed by atoms with Crippen LogP contribution < -0.4 is 16.0 Å². The number of anilines is 2. The van der Waals surface area contributed by atoms with E-state index in [1.807, 2.05) is 23.1 Å². The molecule has 0 fully saturated rings. The highest BCUT2D eigenvalue weighted by Gasteiger charge is 2.26. The first-order valence-electron chi connectivity index (χ1n) is 8.02. The molecule has 3 rings (SSSR count). The summed E-state index contributed by atoms with van der Waals surface area (Å²) in [4.78, 5) is 12.8. The molecule has 4 N–H and O–H groups in total. The number of nitrogens with two attached hydrogens (primary N) is 1. The van der Waals surface area contributed by atoms with Gasteiger partial charge in [-0.1, -0.05) is 12.1 Å². The SMILES string of the molecule is CC(C)(C)N(C(N)=S)c1ccc2c(c1)Cc1cc(NC(=O)O)ccc1-2. The number of benzene rings is 2. The number of carbonyl (C=O) groups is 1. The molecule has 1 aliphatic carbocycles. The van der Waals surface area contributed by atoms with E-state index in [2.05, 4.69) is 38.2 Å². The minimum atomic E-state index is -1.06. The van der Waals surface area contributed by atoms with Crippen LogP contribution in [-0.2, 0) is 6.42 Å². The molecule has 2 aromatic carbocycles. The van der Waals surface area contributed by atoms with Gasteiger partial charge in [0.25, 0.3) is 0 Å². The van der Waals surface area contributed by atoms with Crippen LogP contribution in [0.4, 0.5) is 16.2 Å². The normalized spacial score (nSPS) is 12.3. The Kier molecular flexibility index (Phi) is 4.16. The molecule has 0 unspecified atom stereocenters. The van der Waals surface area contributed by atoms with Gasteiger partial charge in [-0.05, 0) is 85.9 Å². The van der Waals surface area contributed by atoms with Crippen molar-refractivity contribution < 1.29 is 9.90 Å². The maximum Gasteiger partial charge on any atom is 0.409 e. The van der Waals surface area contributed by atoms with Crippen LogP contribution in [0.25, 0.3) is 11.1 Å². The maximum atomic E-state index is 10.8. The van der Waals surface area contributed by atoms with Crippen molar-refractivity contribution in [3.8, 4) is 11.1 Å². The van der Waals surface area contributed by atoms with Gasteiger partial charge in [0.15, 0.2) is 5.11 Å². The number of hydrogen-bond donors (Lipinski definition) is 3. The topological polar surface area (TPSA) is 78.6 Å². The number of fused-ring (bicyclic) bond motifs is 3. The highest BCUT2D eigenvalue weighted by atomic mass is 32.1. The van der Waals surface area contributed by atoms with Gasteiger partial charge in [-0.25, -0.2) is 4.79 Å². The summed E-state index contributed by atoms with van der Waals surface area (Å²) in [6, 6.07) is 11.9. The first-order chi connectivity index (χ1) is 11.7. The molecule has 0 saturated carbocycles. The van der Waals surface area contributed by atoms with Crippen LogP contribution in [0.1, 0.15) is 31.9 Å². The number of carboxylic acid groups (broad SMARTS) is 1. The first-order valence-corrected chi connectivity index (χ1v) is 8.43. The van der Waals surface area contributed by atoms with Crippen molar-refractivity contribution in [1.82, 2.24) is 0 Å². The largest absolute Gasteiger partial charge is 0.465 e. The van der Waals surface area contributed by atoms with E-state index in [1.165, 1.54) is 5.56 Å². The lowest BCUT2D eigenvalue weighted by atomic mass is 10.0. The van der Waals surface area contributed by atoms with Crippen LogP contribution in [0, 0.1) is 0 Å². The Labute approximate surface area is 152 Å². The van der Waals surface area contributed by atoms with Gasteiger partial charge in [0.1, 0.15) is 0 Å². The van der Waals surface area contributed by atoms with Crippen molar-refractivity contribution in [2.45, 2.75) is 32.7 Å². The maximum absolute atomic E-state index is 10.8. The quantitative estimate of drug-likeness (QED) is 0.601. The summed E-state index contributed by atoms with van der Waals surface area (Å²) < 4.78 is 0. The Morgan fingerprint density at radius 2 is 1.76 bits per heavy atom. The summed E-state index contributed by atoms with van der Waals surface area (Å²) in [7, 11) is 0. The third-order valence-electron chi connectivity index (χ3n) is 4.27. The smallest absolute Gasteiger partial charge is 0.409 e. The number of amides is 1. The van der Waals surface area contributed by atoms with E-state index in [0.29, 0.717) is 10.8 Å². The molecule has 0 spiro atoms. The Morgan fingerprint density at radius 1 is 1.16 bits per heavy atom. The zero-order valence-corrected chi connectivity index (χ0v) is 15.3. The van der Waals surface area contributed by atoms with E-state index < -0.39 is 6.09 Å². The van der Waals surface area contributed by atoms with Crippen LogP contribution in [0.15, 0.2) is 36.4 Å². The Morgan fingerprint density at radius 3 is 2.32 bits per heavy atom. The van der Waals surface area contributed by atoms with Crippen LogP contribution >= 0.6 is 12.2 Å². The van der Waals surface area contributed by atoms with E-state index >= 15 is 0 Å². The molecule has 0 aliphatic heterocycles. The van der Waals surface area contributed by atoms with Gasteiger partial charge < -0.3 is 15.7 Å². The fourth-order valence-corrected chi connectivity index (χ4v) is 3.76. The van der Waals surface area contributed by atoms with Gasteiger partial charge in [-0.3, -0.25) is 5.32 Å². The summed E-state index contributed by atoms with van der Waals surface area (Å²) in [6.07, 6.45) is -0.307. The van der Waals surface area contributed by atoms with Crippen molar-refractivity contribution in [3.05, 3.63) is 47.5 Å². The Balaban J connectivity index is 1.98. The zero-order chi connectivity index (χ0) is 18.4. The number of hydrogen-bond acceptors (Lipinski definition) is 2. The second kappa shape index (κ2) is 6.04. The van der Waals surface area contributed by atoms with Gasteiger partial charge in [-0.2, -0.15) is 0 Å². The second-order valence-electron chi connectivity index (χ2n) is 7.16. The molecule has 0 aromatic heterocycles. The molecular formula is C19H21N3O2S. The summed E-state index contributed by atoms with van der Waals surface area (Å²) in [6.45, 7) is 6.20. The van der Waals surface area contributed by atoms with Crippen molar-refractivity contribution in [2.75, 3.05) is 10.2 Å². The summed E-state index contributed by atoms with van der Waals surface area (Å²) in [5.41, 5.74) is 11.9. The molecule has 130 valence electrons. The van der Waals surface area contributed by atoms with E-state index in [9.17, 15) is 4.79 Å². The molecule has 25 heavy (non-hydrogen) atoms. The summed E-state index contributed by atoms with van der Waals surface area (Å²) in [5.74, 6) is 0. The second-order valence-corrected chi connectivity index (χ2v) is 7.58. The Bertz CT molecular complexity index is 871. The van der Waals surface area contributed by atoms with Crippen LogP contribution in [0.3, 0.4) is 0 Å².